The van der Waals surface area contributed by atoms with Gasteiger partial charge in [0.2, 0.25) is 5.43 Å². The van der Waals surface area contributed by atoms with Crippen LogP contribution >= 0.6 is 11.6 Å². The largest absolute Gasteiger partial charge is 0.483 e. The quantitative estimate of drug-likeness (QED) is 0.520. The van der Waals surface area contributed by atoms with Crippen molar-refractivity contribution in [3.05, 3.63) is 98.2 Å². The molecule has 5 rings (SSSR count). The van der Waals surface area contributed by atoms with Crippen molar-refractivity contribution in [1.82, 2.24) is 14.8 Å². The molecule has 3 aromatic rings. The summed E-state index contributed by atoms with van der Waals surface area (Å²) in [6.45, 7) is 2.50. The number of nitrogens with zero attached hydrogens (tertiary/aromatic N) is 2. The van der Waals surface area contributed by atoms with E-state index in [9.17, 15) is 18.8 Å². The standard InChI is InChI=1S/C28H27ClFN3O4/c1-17-11-28(12-17)16-32(2)27(36)23-25(37-15-18-7-4-3-5-8-18)24(34)20(14-33(23)28)26(35)31-13-19-9-6-10-21(29)22(19)30/h3-10,14,17H,11-13,15-16H2,1-2H3,(H,31,35). The molecule has 1 fully saturated rings. The van der Waals surface area contributed by atoms with Crippen molar-refractivity contribution < 1.29 is 18.7 Å². The van der Waals surface area contributed by atoms with Crippen LogP contribution in [0.25, 0.3) is 0 Å². The van der Waals surface area contributed by atoms with Crippen molar-refractivity contribution in [2.75, 3.05) is 13.6 Å². The fourth-order valence-corrected chi connectivity index (χ4v) is 5.67. The first-order valence-electron chi connectivity index (χ1n) is 12.1. The Morgan fingerprint density at radius 1 is 1.16 bits per heavy atom. The minimum atomic E-state index is -0.683. The lowest BCUT2D eigenvalue weighted by Crippen LogP contribution is -2.59. The summed E-state index contributed by atoms with van der Waals surface area (Å²) in [6, 6.07) is 13.8. The van der Waals surface area contributed by atoms with Gasteiger partial charge in [-0.25, -0.2) is 4.39 Å². The van der Waals surface area contributed by atoms with E-state index in [1.807, 2.05) is 30.3 Å². The maximum Gasteiger partial charge on any atom is 0.274 e. The number of nitrogens with one attached hydrogen (secondary N) is 1. The van der Waals surface area contributed by atoms with Crippen LogP contribution in [0.15, 0.2) is 59.5 Å². The number of rotatable bonds is 6. The first kappa shape index (κ1) is 25.0. The Balaban J connectivity index is 1.56. The SMILES string of the molecule is CC1CC2(C1)CN(C)C(=O)c1c(OCc3ccccc3)c(=O)c(C(=O)NCc3cccc(Cl)c3F)cn12. The van der Waals surface area contributed by atoms with Crippen molar-refractivity contribution in [1.29, 1.82) is 0 Å². The third-order valence-electron chi connectivity index (χ3n) is 7.16. The number of halogens is 2. The van der Waals surface area contributed by atoms with Crippen molar-refractivity contribution in [2.45, 2.75) is 38.5 Å². The summed E-state index contributed by atoms with van der Waals surface area (Å²) < 4.78 is 22.1. The Morgan fingerprint density at radius 2 is 1.89 bits per heavy atom. The molecule has 1 aliphatic heterocycles. The van der Waals surface area contributed by atoms with Gasteiger partial charge in [0, 0.05) is 31.9 Å². The average molecular weight is 524 g/mol. The van der Waals surface area contributed by atoms with Crippen LogP contribution in [0.5, 0.6) is 5.75 Å². The average Bonchev–Trinajstić information content (AvgIpc) is 2.86. The molecule has 1 aromatic heterocycles. The molecular weight excluding hydrogens is 497 g/mol. The monoisotopic (exact) mass is 523 g/mol. The Bertz CT molecular complexity index is 1430. The Labute approximate surface area is 218 Å². The molecule has 2 aromatic carbocycles. The van der Waals surface area contributed by atoms with Gasteiger partial charge in [-0.2, -0.15) is 0 Å². The second kappa shape index (κ2) is 9.67. The summed E-state index contributed by atoms with van der Waals surface area (Å²) in [4.78, 5) is 41.8. The Hall–Kier alpha value is -3.65. The Morgan fingerprint density at radius 3 is 2.59 bits per heavy atom. The molecule has 1 aliphatic carbocycles. The van der Waals surface area contributed by atoms with E-state index in [1.165, 1.54) is 18.3 Å². The zero-order chi connectivity index (χ0) is 26.3. The Kier molecular flexibility index (Phi) is 6.54. The van der Waals surface area contributed by atoms with E-state index >= 15 is 0 Å². The zero-order valence-electron chi connectivity index (χ0n) is 20.6. The molecule has 7 nitrogen and oxygen atoms in total. The predicted octanol–water partition coefficient (Wildman–Crippen LogP) is 4.36. The minimum absolute atomic E-state index is 0.0547. The number of pyridine rings is 1. The van der Waals surface area contributed by atoms with Crippen LogP contribution in [0.4, 0.5) is 4.39 Å². The highest BCUT2D eigenvalue weighted by molar-refractivity contribution is 6.30. The molecule has 0 atom stereocenters. The normalized spacial score (nSPS) is 20.4. The van der Waals surface area contributed by atoms with Crippen LogP contribution in [0.1, 0.15) is 51.7 Å². The number of likely N-dealkylation sites (N-methyl/N-ethyl adjacent to an activating group) is 1. The number of hydrogen-bond acceptors (Lipinski definition) is 4. The smallest absolute Gasteiger partial charge is 0.274 e. The summed E-state index contributed by atoms with van der Waals surface area (Å²) >= 11 is 5.85. The van der Waals surface area contributed by atoms with Crippen LogP contribution < -0.4 is 15.5 Å². The lowest BCUT2D eigenvalue weighted by molar-refractivity contribution is 0.0144. The maximum atomic E-state index is 14.3. The molecule has 0 saturated heterocycles. The van der Waals surface area contributed by atoms with Crippen molar-refractivity contribution in [3.63, 3.8) is 0 Å². The summed E-state index contributed by atoms with van der Waals surface area (Å²) in [6.07, 6.45) is 3.06. The van der Waals surface area contributed by atoms with Gasteiger partial charge in [0.1, 0.15) is 18.0 Å². The van der Waals surface area contributed by atoms with Crippen molar-refractivity contribution in [3.8, 4) is 5.75 Å². The number of hydrogen-bond donors (Lipinski definition) is 1. The van der Waals surface area contributed by atoms with E-state index in [4.69, 9.17) is 16.3 Å². The highest BCUT2D eigenvalue weighted by atomic mass is 35.5. The van der Waals surface area contributed by atoms with Gasteiger partial charge in [0.15, 0.2) is 11.4 Å². The van der Waals surface area contributed by atoms with Crippen molar-refractivity contribution >= 4 is 23.4 Å². The number of carbonyl (C=O) groups is 2. The number of ether oxygens (including phenoxy) is 1. The van der Waals surface area contributed by atoms with E-state index in [0.717, 1.165) is 18.4 Å². The molecule has 1 N–H and O–H groups in total. The number of benzene rings is 2. The fourth-order valence-electron chi connectivity index (χ4n) is 5.48. The molecule has 37 heavy (non-hydrogen) atoms. The zero-order valence-corrected chi connectivity index (χ0v) is 21.3. The van der Waals surface area contributed by atoms with Gasteiger partial charge in [-0.1, -0.05) is 61.0 Å². The molecule has 2 aliphatic rings. The van der Waals surface area contributed by atoms with Gasteiger partial charge in [0.05, 0.1) is 10.6 Å². The topological polar surface area (TPSA) is 80.6 Å². The number of carbonyl (C=O) groups excluding carboxylic acids is 2. The van der Waals surface area contributed by atoms with Gasteiger partial charge in [-0.3, -0.25) is 14.4 Å². The van der Waals surface area contributed by atoms with Crippen LogP contribution in [0.3, 0.4) is 0 Å². The molecule has 0 bridgehead atoms. The van der Waals surface area contributed by atoms with E-state index in [-0.39, 0.29) is 46.7 Å². The molecule has 0 unspecified atom stereocenters. The van der Waals surface area contributed by atoms with Crippen LogP contribution in [-0.4, -0.2) is 34.9 Å². The van der Waals surface area contributed by atoms with Crippen LogP contribution in [0, 0.1) is 11.7 Å². The summed E-state index contributed by atoms with van der Waals surface area (Å²) in [7, 11) is 1.71. The van der Waals surface area contributed by atoms with Crippen LogP contribution in [0.2, 0.25) is 5.02 Å². The third kappa shape index (κ3) is 4.50. The lowest BCUT2D eigenvalue weighted by atomic mass is 9.67. The van der Waals surface area contributed by atoms with Crippen LogP contribution in [-0.2, 0) is 18.7 Å². The van der Waals surface area contributed by atoms with E-state index in [1.54, 1.807) is 22.6 Å². The van der Waals surface area contributed by atoms with Crippen molar-refractivity contribution in [2.24, 2.45) is 5.92 Å². The first-order valence-corrected chi connectivity index (χ1v) is 12.5. The number of aromatic nitrogens is 1. The van der Waals surface area contributed by atoms with Gasteiger partial charge in [0.25, 0.3) is 11.8 Å². The molecule has 1 spiro atoms. The number of fused-ring (bicyclic) bond motifs is 2. The molecule has 9 heteroatoms. The minimum Gasteiger partial charge on any atom is -0.483 e. The molecule has 1 saturated carbocycles. The summed E-state index contributed by atoms with van der Waals surface area (Å²) in [5.41, 5.74) is -0.109. The maximum absolute atomic E-state index is 14.3. The third-order valence-corrected chi connectivity index (χ3v) is 7.45. The molecule has 2 amide bonds. The van der Waals surface area contributed by atoms with E-state index in [2.05, 4.69) is 12.2 Å². The summed E-state index contributed by atoms with van der Waals surface area (Å²) in [5.74, 6) is -1.36. The second-order valence-corrected chi connectivity index (χ2v) is 10.4. The predicted molar refractivity (Wildman–Crippen MR) is 137 cm³/mol. The summed E-state index contributed by atoms with van der Waals surface area (Å²) in [5, 5.41) is 2.57. The lowest BCUT2D eigenvalue weighted by Gasteiger charge is -2.53. The van der Waals surface area contributed by atoms with Gasteiger partial charge >= 0.3 is 0 Å². The van der Waals surface area contributed by atoms with Gasteiger partial charge < -0.3 is 19.5 Å². The first-order chi connectivity index (χ1) is 17.7. The molecule has 0 radical (unpaired) electrons. The molecule has 192 valence electrons. The van der Waals surface area contributed by atoms with Gasteiger partial charge in [-0.05, 0) is 30.4 Å². The highest BCUT2D eigenvalue weighted by Gasteiger charge is 2.50. The molecular formula is C28H27ClFN3O4. The van der Waals surface area contributed by atoms with E-state index < -0.39 is 22.7 Å². The molecule has 2 heterocycles. The second-order valence-electron chi connectivity index (χ2n) is 9.99. The highest BCUT2D eigenvalue weighted by Crippen LogP contribution is 2.47. The van der Waals surface area contributed by atoms with Gasteiger partial charge in [-0.15, -0.1) is 0 Å². The fraction of sp³-hybridized carbons (Fsp3) is 0.321. The van der Waals surface area contributed by atoms with E-state index in [0.29, 0.717) is 12.5 Å². The number of amides is 2.